The Labute approximate surface area is 84.8 Å². The number of hydrogen-bond donors (Lipinski definition) is 1. The van der Waals surface area contributed by atoms with Gasteiger partial charge in [-0.2, -0.15) is 0 Å². The number of hydrogen-bond acceptors (Lipinski definition) is 3. The average Bonchev–Trinajstić information content (AvgIpc) is 2.65. The summed E-state index contributed by atoms with van der Waals surface area (Å²) in [5.74, 6) is 1.42. The highest BCUT2D eigenvalue weighted by atomic mass is 14.8. The van der Waals surface area contributed by atoms with Crippen molar-refractivity contribution >= 4 is 0 Å². The fourth-order valence-corrected chi connectivity index (χ4v) is 2.30. The first kappa shape index (κ1) is 9.59. The Morgan fingerprint density at radius 2 is 2.29 bits per heavy atom. The molecule has 1 heterocycles. The van der Waals surface area contributed by atoms with Crippen LogP contribution in [0, 0.1) is 11.8 Å². The first-order chi connectivity index (χ1) is 6.77. The molecule has 76 valence electrons. The topological polar surface area (TPSA) is 51.8 Å². The smallest absolute Gasteiger partial charge is 0.0756 e. The summed E-state index contributed by atoms with van der Waals surface area (Å²) in [5.41, 5.74) is 7.10. The van der Waals surface area contributed by atoms with E-state index >= 15 is 0 Å². The van der Waals surface area contributed by atoms with Gasteiger partial charge in [0.05, 0.1) is 11.7 Å². The van der Waals surface area contributed by atoms with Crippen LogP contribution in [-0.2, 0) is 0 Å². The lowest BCUT2D eigenvalue weighted by molar-refractivity contribution is 0.421. The van der Waals surface area contributed by atoms with Gasteiger partial charge in [-0.05, 0) is 24.7 Å². The van der Waals surface area contributed by atoms with Crippen LogP contribution in [0.3, 0.4) is 0 Å². The molecule has 1 aliphatic rings. The summed E-state index contributed by atoms with van der Waals surface area (Å²) < 4.78 is 0. The van der Waals surface area contributed by atoms with E-state index in [9.17, 15) is 0 Å². The molecule has 1 fully saturated rings. The van der Waals surface area contributed by atoms with E-state index in [1.807, 2.05) is 0 Å². The highest BCUT2D eigenvalue weighted by Crippen LogP contribution is 2.36. The Morgan fingerprint density at radius 1 is 1.43 bits per heavy atom. The Hall–Kier alpha value is -0.960. The molecule has 0 saturated heterocycles. The van der Waals surface area contributed by atoms with E-state index in [0.29, 0.717) is 5.92 Å². The van der Waals surface area contributed by atoms with Crippen molar-refractivity contribution in [3.05, 3.63) is 24.3 Å². The van der Waals surface area contributed by atoms with Crippen molar-refractivity contribution in [2.24, 2.45) is 17.6 Å². The zero-order valence-electron chi connectivity index (χ0n) is 8.56. The van der Waals surface area contributed by atoms with Crippen molar-refractivity contribution in [3.63, 3.8) is 0 Å². The predicted molar refractivity (Wildman–Crippen MR) is 55.5 cm³/mol. The molecule has 3 unspecified atom stereocenters. The molecule has 3 atom stereocenters. The third-order valence-electron chi connectivity index (χ3n) is 3.17. The zero-order chi connectivity index (χ0) is 9.97. The Balaban J connectivity index is 2.05. The SMILES string of the molecule is CC1CCC(C(N)c2cnccn2)C1. The molecule has 3 nitrogen and oxygen atoms in total. The lowest BCUT2D eigenvalue weighted by Crippen LogP contribution is -2.20. The second-order valence-corrected chi connectivity index (χ2v) is 4.33. The van der Waals surface area contributed by atoms with Gasteiger partial charge in [0, 0.05) is 18.6 Å². The van der Waals surface area contributed by atoms with Crippen LogP contribution in [0.15, 0.2) is 18.6 Å². The molecule has 0 aromatic carbocycles. The minimum absolute atomic E-state index is 0.0775. The highest BCUT2D eigenvalue weighted by molar-refractivity contribution is 5.04. The predicted octanol–water partition coefficient (Wildman–Crippen LogP) is 1.91. The molecule has 1 aromatic rings. The van der Waals surface area contributed by atoms with Crippen LogP contribution in [0.1, 0.15) is 37.9 Å². The van der Waals surface area contributed by atoms with Crippen molar-refractivity contribution in [2.45, 2.75) is 32.2 Å². The first-order valence-electron chi connectivity index (χ1n) is 5.29. The van der Waals surface area contributed by atoms with Gasteiger partial charge in [0.25, 0.3) is 0 Å². The van der Waals surface area contributed by atoms with Crippen molar-refractivity contribution in [1.82, 2.24) is 9.97 Å². The van der Waals surface area contributed by atoms with Gasteiger partial charge in [-0.3, -0.25) is 9.97 Å². The van der Waals surface area contributed by atoms with E-state index in [1.165, 1.54) is 19.3 Å². The van der Waals surface area contributed by atoms with E-state index in [2.05, 4.69) is 16.9 Å². The molecule has 2 rings (SSSR count). The van der Waals surface area contributed by atoms with Gasteiger partial charge in [0.2, 0.25) is 0 Å². The molecule has 2 N–H and O–H groups in total. The van der Waals surface area contributed by atoms with Crippen molar-refractivity contribution in [3.8, 4) is 0 Å². The van der Waals surface area contributed by atoms with Crippen LogP contribution in [-0.4, -0.2) is 9.97 Å². The van der Waals surface area contributed by atoms with Crippen LogP contribution in [0.2, 0.25) is 0 Å². The van der Waals surface area contributed by atoms with E-state index in [4.69, 9.17) is 5.73 Å². The van der Waals surface area contributed by atoms with Crippen molar-refractivity contribution in [1.29, 1.82) is 0 Å². The maximum Gasteiger partial charge on any atom is 0.0756 e. The van der Waals surface area contributed by atoms with Crippen LogP contribution >= 0.6 is 0 Å². The molecule has 0 radical (unpaired) electrons. The second kappa shape index (κ2) is 4.05. The third-order valence-corrected chi connectivity index (χ3v) is 3.17. The van der Waals surface area contributed by atoms with Crippen molar-refractivity contribution < 1.29 is 0 Å². The van der Waals surface area contributed by atoms with Gasteiger partial charge in [0.1, 0.15) is 0 Å². The van der Waals surface area contributed by atoms with Gasteiger partial charge >= 0.3 is 0 Å². The minimum Gasteiger partial charge on any atom is -0.322 e. The zero-order valence-corrected chi connectivity index (χ0v) is 8.56. The largest absolute Gasteiger partial charge is 0.322 e. The minimum atomic E-state index is 0.0775. The number of aromatic nitrogens is 2. The Bertz CT molecular complexity index is 286. The summed E-state index contributed by atoms with van der Waals surface area (Å²) >= 11 is 0. The average molecular weight is 191 g/mol. The van der Waals surface area contributed by atoms with Crippen LogP contribution in [0.25, 0.3) is 0 Å². The summed E-state index contributed by atoms with van der Waals surface area (Å²) in [5, 5.41) is 0. The van der Waals surface area contributed by atoms with Gasteiger partial charge in [-0.25, -0.2) is 0 Å². The Kier molecular flexibility index (Phi) is 2.77. The lowest BCUT2D eigenvalue weighted by Gasteiger charge is -2.17. The quantitative estimate of drug-likeness (QED) is 0.777. The molecular formula is C11H17N3. The van der Waals surface area contributed by atoms with E-state index in [1.54, 1.807) is 18.6 Å². The fourth-order valence-electron chi connectivity index (χ4n) is 2.30. The molecule has 0 aliphatic heterocycles. The molecule has 3 heteroatoms. The molecular weight excluding hydrogens is 174 g/mol. The molecule has 0 bridgehead atoms. The third kappa shape index (κ3) is 1.93. The standard InChI is InChI=1S/C11H17N3/c1-8-2-3-9(6-8)11(12)10-7-13-4-5-14-10/h4-5,7-9,11H,2-3,6,12H2,1H3. The van der Waals surface area contributed by atoms with Gasteiger partial charge in [-0.1, -0.05) is 13.3 Å². The van der Waals surface area contributed by atoms with E-state index in [0.717, 1.165) is 11.6 Å². The summed E-state index contributed by atoms with van der Waals surface area (Å²) in [6, 6.07) is 0.0775. The molecule has 1 aromatic heterocycles. The van der Waals surface area contributed by atoms with E-state index in [-0.39, 0.29) is 6.04 Å². The van der Waals surface area contributed by atoms with Gasteiger partial charge in [-0.15, -0.1) is 0 Å². The number of rotatable bonds is 2. The molecule has 1 aliphatic carbocycles. The summed E-state index contributed by atoms with van der Waals surface area (Å²) in [4.78, 5) is 8.31. The van der Waals surface area contributed by atoms with Gasteiger partial charge < -0.3 is 5.73 Å². The molecule has 0 spiro atoms. The molecule has 14 heavy (non-hydrogen) atoms. The normalized spacial score (nSPS) is 29.0. The number of nitrogens with two attached hydrogens (primary N) is 1. The van der Waals surface area contributed by atoms with Crippen LogP contribution in [0.4, 0.5) is 0 Å². The summed E-state index contributed by atoms with van der Waals surface area (Å²) in [6.07, 6.45) is 8.96. The monoisotopic (exact) mass is 191 g/mol. The molecule has 1 saturated carbocycles. The van der Waals surface area contributed by atoms with Crippen molar-refractivity contribution in [2.75, 3.05) is 0 Å². The highest BCUT2D eigenvalue weighted by Gasteiger charge is 2.28. The summed E-state index contributed by atoms with van der Waals surface area (Å²) in [7, 11) is 0. The maximum atomic E-state index is 6.16. The Morgan fingerprint density at radius 3 is 2.86 bits per heavy atom. The van der Waals surface area contributed by atoms with Crippen LogP contribution in [0.5, 0.6) is 0 Å². The fraction of sp³-hybridized carbons (Fsp3) is 0.636. The number of nitrogens with zero attached hydrogens (tertiary/aromatic N) is 2. The summed E-state index contributed by atoms with van der Waals surface area (Å²) in [6.45, 7) is 2.30. The first-order valence-corrected chi connectivity index (χ1v) is 5.29. The second-order valence-electron chi connectivity index (χ2n) is 4.33. The van der Waals surface area contributed by atoms with E-state index < -0.39 is 0 Å². The molecule has 0 amide bonds. The maximum absolute atomic E-state index is 6.16. The lowest BCUT2D eigenvalue weighted by atomic mass is 9.95. The van der Waals surface area contributed by atoms with Gasteiger partial charge in [0.15, 0.2) is 0 Å². The van der Waals surface area contributed by atoms with Crippen LogP contribution < -0.4 is 5.73 Å².